The highest BCUT2D eigenvalue weighted by atomic mass is 19.2. The Morgan fingerprint density at radius 1 is 1.11 bits per heavy atom. The van der Waals surface area contributed by atoms with Gasteiger partial charge in [-0.25, -0.2) is 4.39 Å². The first kappa shape index (κ1) is 19.5. The van der Waals surface area contributed by atoms with Gasteiger partial charge >= 0.3 is 0 Å². The van der Waals surface area contributed by atoms with E-state index in [0.717, 1.165) is 11.1 Å². The molecule has 1 fully saturated rings. The molecule has 3 nitrogen and oxygen atoms in total. The minimum atomic E-state index is -0.935. The molecule has 2 aromatic carbocycles. The van der Waals surface area contributed by atoms with Gasteiger partial charge in [-0.1, -0.05) is 43.0 Å². The third-order valence-corrected chi connectivity index (χ3v) is 4.70. The van der Waals surface area contributed by atoms with Gasteiger partial charge in [0.25, 0.3) is 0 Å². The normalized spacial score (nSPS) is 19.7. The summed E-state index contributed by atoms with van der Waals surface area (Å²) in [6, 6.07) is 11.0. The van der Waals surface area contributed by atoms with Crippen LogP contribution in [0.15, 0.2) is 43.0 Å². The average Bonchev–Trinajstić information content (AvgIpc) is 2.71. The molecule has 0 saturated carbocycles. The number of hydrogen-bond acceptors (Lipinski definition) is 3. The maximum atomic E-state index is 14.3. The smallest absolute Gasteiger partial charge is 0.200 e. The quantitative estimate of drug-likeness (QED) is 0.646. The molecule has 1 aliphatic rings. The van der Waals surface area contributed by atoms with Crippen LogP contribution in [0.3, 0.4) is 0 Å². The van der Waals surface area contributed by atoms with Gasteiger partial charge in [0.2, 0.25) is 5.82 Å². The lowest BCUT2D eigenvalue weighted by Gasteiger charge is -2.29. The summed E-state index contributed by atoms with van der Waals surface area (Å²) in [7, 11) is 0. The van der Waals surface area contributed by atoms with Gasteiger partial charge in [0.1, 0.15) is 0 Å². The second-order valence-electron chi connectivity index (χ2n) is 6.51. The first-order valence-corrected chi connectivity index (χ1v) is 9.17. The fraction of sp³-hybridized carbons (Fsp3) is 0.364. The molecule has 0 spiro atoms. The van der Waals surface area contributed by atoms with Crippen molar-refractivity contribution < 1.29 is 23.0 Å². The fourth-order valence-electron chi connectivity index (χ4n) is 3.17. The van der Waals surface area contributed by atoms with E-state index in [2.05, 4.69) is 6.58 Å². The van der Waals surface area contributed by atoms with Crippen molar-refractivity contribution in [2.75, 3.05) is 13.2 Å². The molecule has 5 heteroatoms. The third-order valence-electron chi connectivity index (χ3n) is 4.70. The van der Waals surface area contributed by atoms with E-state index in [0.29, 0.717) is 31.6 Å². The van der Waals surface area contributed by atoms with Gasteiger partial charge in [0.05, 0.1) is 19.8 Å². The largest absolute Gasteiger partial charge is 0.491 e. The molecule has 0 radical (unpaired) electrons. The van der Waals surface area contributed by atoms with Gasteiger partial charge in [-0.2, -0.15) is 4.39 Å². The van der Waals surface area contributed by atoms with Crippen molar-refractivity contribution in [2.45, 2.75) is 38.6 Å². The minimum Gasteiger partial charge on any atom is -0.491 e. The predicted molar refractivity (Wildman–Crippen MR) is 101 cm³/mol. The molecule has 2 unspecified atom stereocenters. The van der Waals surface area contributed by atoms with Crippen LogP contribution in [-0.4, -0.2) is 19.5 Å². The Labute approximate surface area is 158 Å². The molecule has 0 aromatic heterocycles. The first-order valence-electron chi connectivity index (χ1n) is 9.17. The first-order chi connectivity index (χ1) is 13.1. The lowest BCUT2D eigenvalue weighted by Crippen LogP contribution is -2.27. The SMILES string of the molecule is C=Cc1ccc(COC2CCC(c3ccc(OCC)c(F)c3F)CO2)cc1. The second-order valence-corrected chi connectivity index (χ2v) is 6.51. The van der Waals surface area contributed by atoms with E-state index >= 15 is 0 Å². The van der Waals surface area contributed by atoms with Crippen LogP contribution in [0, 0.1) is 11.6 Å². The summed E-state index contributed by atoms with van der Waals surface area (Å²) in [6.45, 7) is 6.49. The second kappa shape index (κ2) is 9.11. The Morgan fingerprint density at radius 2 is 1.89 bits per heavy atom. The standard InChI is InChI=1S/C22H24F2O3/c1-3-15-5-7-16(8-6-15)13-26-20-12-9-17(14-27-20)18-10-11-19(25-4-2)22(24)21(18)23/h3,5-8,10-11,17,20H,1,4,9,12-14H2,2H3. The Bertz CT molecular complexity index is 766. The Balaban J connectivity index is 1.54. The van der Waals surface area contributed by atoms with Crippen molar-refractivity contribution in [3.63, 3.8) is 0 Å². The number of ether oxygens (including phenoxy) is 3. The zero-order valence-corrected chi connectivity index (χ0v) is 15.4. The molecule has 1 aliphatic heterocycles. The molecule has 1 heterocycles. The van der Waals surface area contributed by atoms with Crippen molar-refractivity contribution in [1.29, 1.82) is 0 Å². The van der Waals surface area contributed by atoms with Crippen LogP contribution in [0.25, 0.3) is 6.08 Å². The van der Waals surface area contributed by atoms with Gasteiger partial charge < -0.3 is 14.2 Å². The van der Waals surface area contributed by atoms with Crippen LogP contribution in [0.1, 0.15) is 42.4 Å². The number of rotatable bonds is 7. The van der Waals surface area contributed by atoms with E-state index in [1.807, 2.05) is 24.3 Å². The topological polar surface area (TPSA) is 27.7 Å². The van der Waals surface area contributed by atoms with Gasteiger partial charge in [0, 0.05) is 5.92 Å². The van der Waals surface area contributed by atoms with Crippen molar-refractivity contribution >= 4 is 6.08 Å². The molecule has 0 N–H and O–H groups in total. The van der Waals surface area contributed by atoms with Gasteiger partial charge in [-0.05, 0) is 42.5 Å². The number of hydrogen-bond donors (Lipinski definition) is 0. The molecular formula is C22H24F2O3. The summed E-state index contributed by atoms with van der Waals surface area (Å²) in [5.41, 5.74) is 2.43. The summed E-state index contributed by atoms with van der Waals surface area (Å²) in [6.07, 6.45) is 2.75. The minimum absolute atomic E-state index is 0.0563. The van der Waals surface area contributed by atoms with Gasteiger partial charge in [0.15, 0.2) is 17.9 Å². The zero-order chi connectivity index (χ0) is 19.2. The van der Waals surface area contributed by atoms with Crippen molar-refractivity contribution in [3.8, 4) is 5.75 Å². The summed E-state index contributed by atoms with van der Waals surface area (Å²) < 4.78 is 45.0. The van der Waals surface area contributed by atoms with Crippen LogP contribution >= 0.6 is 0 Å². The highest BCUT2D eigenvalue weighted by Crippen LogP contribution is 2.33. The molecule has 144 valence electrons. The van der Waals surface area contributed by atoms with E-state index in [1.165, 1.54) is 6.07 Å². The number of halogens is 2. The van der Waals surface area contributed by atoms with Crippen LogP contribution in [0.4, 0.5) is 8.78 Å². The molecule has 27 heavy (non-hydrogen) atoms. The molecular weight excluding hydrogens is 350 g/mol. The van der Waals surface area contributed by atoms with Gasteiger partial charge in [-0.15, -0.1) is 0 Å². The van der Waals surface area contributed by atoms with Crippen LogP contribution in [-0.2, 0) is 16.1 Å². The molecule has 2 atom stereocenters. The van der Waals surface area contributed by atoms with E-state index in [-0.39, 0.29) is 24.6 Å². The summed E-state index contributed by atoms with van der Waals surface area (Å²) in [5.74, 6) is -2.03. The molecule has 2 aromatic rings. The number of benzene rings is 2. The zero-order valence-electron chi connectivity index (χ0n) is 15.4. The summed E-state index contributed by atoms with van der Waals surface area (Å²) >= 11 is 0. The van der Waals surface area contributed by atoms with E-state index in [9.17, 15) is 8.78 Å². The Morgan fingerprint density at radius 3 is 2.52 bits per heavy atom. The Hall–Kier alpha value is -2.24. The molecule has 0 bridgehead atoms. The highest BCUT2D eigenvalue weighted by Gasteiger charge is 2.27. The molecule has 0 amide bonds. The lowest BCUT2D eigenvalue weighted by atomic mass is 9.92. The van der Waals surface area contributed by atoms with Crippen LogP contribution < -0.4 is 4.74 Å². The van der Waals surface area contributed by atoms with Crippen molar-refractivity contribution in [1.82, 2.24) is 0 Å². The van der Waals surface area contributed by atoms with E-state index < -0.39 is 11.6 Å². The lowest BCUT2D eigenvalue weighted by molar-refractivity contribution is -0.173. The Kier molecular flexibility index (Phi) is 6.58. The van der Waals surface area contributed by atoms with Crippen molar-refractivity contribution in [3.05, 3.63) is 71.3 Å². The van der Waals surface area contributed by atoms with E-state index in [1.54, 1.807) is 19.1 Å². The van der Waals surface area contributed by atoms with Crippen LogP contribution in [0.5, 0.6) is 5.75 Å². The highest BCUT2D eigenvalue weighted by molar-refractivity contribution is 5.47. The third kappa shape index (κ3) is 4.73. The summed E-state index contributed by atoms with van der Waals surface area (Å²) in [4.78, 5) is 0. The van der Waals surface area contributed by atoms with Crippen molar-refractivity contribution in [2.24, 2.45) is 0 Å². The predicted octanol–water partition coefficient (Wildman–Crippen LogP) is 5.44. The van der Waals surface area contributed by atoms with Crippen LogP contribution in [0.2, 0.25) is 0 Å². The van der Waals surface area contributed by atoms with E-state index in [4.69, 9.17) is 14.2 Å². The maximum absolute atomic E-state index is 14.3. The molecule has 3 rings (SSSR count). The fourth-order valence-corrected chi connectivity index (χ4v) is 3.17. The maximum Gasteiger partial charge on any atom is 0.200 e. The monoisotopic (exact) mass is 374 g/mol. The van der Waals surface area contributed by atoms with Gasteiger partial charge in [-0.3, -0.25) is 0 Å². The summed E-state index contributed by atoms with van der Waals surface area (Å²) in [5, 5.41) is 0. The molecule has 1 saturated heterocycles. The average molecular weight is 374 g/mol. The molecule has 0 aliphatic carbocycles.